The van der Waals surface area contributed by atoms with Crippen LogP contribution in [-0.2, 0) is 11.3 Å². The molecule has 3 atom stereocenters. The van der Waals surface area contributed by atoms with Crippen LogP contribution in [0, 0.1) is 18.8 Å². The predicted molar refractivity (Wildman–Crippen MR) is 105 cm³/mol. The van der Waals surface area contributed by atoms with Crippen LogP contribution in [0.5, 0.6) is 0 Å². The molecule has 1 saturated carbocycles. The number of carbonyl (C=O) groups excluding carboxylic acids is 1. The molecule has 136 valence electrons. The molecule has 1 aliphatic carbocycles. The van der Waals surface area contributed by atoms with Gasteiger partial charge in [0.2, 0.25) is 0 Å². The molecule has 2 aromatic rings. The number of ether oxygens (including phenoxy) is 1. The molecule has 4 rings (SSSR count). The highest BCUT2D eigenvalue weighted by molar-refractivity contribution is 8.00. The molecule has 0 aromatic heterocycles. The number of likely N-dealkylation sites (tertiary alicyclic amines) is 1. The molecule has 2 fully saturated rings. The predicted octanol–water partition coefficient (Wildman–Crippen LogP) is 5.13. The van der Waals surface area contributed by atoms with Crippen molar-refractivity contribution in [2.45, 2.75) is 36.5 Å². The maximum absolute atomic E-state index is 12.4. The highest BCUT2D eigenvalue weighted by atomic mass is 32.2. The average molecular weight is 368 g/mol. The summed E-state index contributed by atoms with van der Waals surface area (Å²) in [6.45, 7) is 4.18. The van der Waals surface area contributed by atoms with Crippen LogP contribution < -0.4 is 0 Å². The summed E-state index contributed by atoms with van der Waals surface area (Å²) in [5.74, 6) is 1.25. The summed E-state index contributed by atoms with van der Waals surface area (Å²) in [5.41, 5.74) is 2.34. The van der Waals surface area contributed by atoms with Crippen LogP contribution in [0.3, 0.4) is 0 Å². The number of amides is 1. The van der Waals surface area contributed by atoms with Gasteiger partial charge in [-0.25, -0.2) is 4.79 Å². The number of aryl methyl sites for hydroxylation is 1. The van der Waals surface area contributed by atoms with Gasteiger partial charge in [0, 0.05) is 23.2 Å². The number of carbonyl (C=O) groups is 1. The molecule has 3 nitrogen and oxygen atoms in total. The number of rotatable bonds is 4. The van der Waals surface area contributed by atoms with Crippen molar-refractivity contribution in [2.24, 2.45) is 11.8 Å². The number of thioether (sulfide) groups is 1. The van der Waals surface area contributed by atoms with Gasteiger partial charge in [-0.1, -0.05) is 48.0 Å². The Balaban J connectivity index is 1.25. The molecular weight excluding hydrogens is 342 g/mol. The lowest BCUT2D eigenvalue weighted by molar-refractivity contribution is 0.102. The van der Waals surface area contributed by atoms with Crippen molar-refractivity contribution in [1.29, 1.82) is 0 Å². The van der Waals surface area contributed by atoms with Crippen LogP contribution in [0.1, 0.15) is 24.0 Å². The molecule has 1 unspecified atom stereocenters. The van der Waals surface area contributed by atoms with E-state index in [1.165, 1.54) is 23.3 Å². The third kappa shape index (κ3) is 4.07. The molecule has 1 amide bonds. The lowest BCUT2D eigenvalue weighted by atomic mass is 10.0. The van der Waals surface area contributed by atoms with Gasteiger partial charge in [0.15, 0.2) is 0 Å². The topological polar surface area (TPSA) is 29.5 Å². The maximum Gasteiger partial charge on any atom is 0.410 e. The van der Waals surface area contributed by atoms with Crippen molar-refractivity contribution in [3.8, 4) is 0 Å². The lowest BCUT2D eigenvalue weighted by Crippen LogP contribution is -2.30. The first-order valence-corrected chi connectivity index (χ1v) is 10.2. The summed E-state index contributed by atoms with van der Waals surface area (Å²) in [7, 11) is 0. The van der Waals surface area contributed by atoms with E-state index in [0.717, 1.165) is 18.7 Å². The van der Waals surface area contributed by atoms with Gasteiger partial charge in [-0.3, -0.25) is 0 Å². The van der Waals surface area contributed by atoms with Crippen LogP contribution in [0.4, 0.5) is 4.79 Å². The van der Waals surface area contributed by atoms with Crippen molar-refractivity contribution in [3.05, 3.63) is 65.7 Å². The zero-order chi connectivity index (χ0) is 17.9. The molecule has 1 saturated heterocycles. The molecule has 2 aromatic carbocycles. The minimum Gasteiger partial charge on any atom is -0.445 e. The Morgan fingerprint density at radius 2 is 1.69 bits per heavy atom. The summed E-state index contributed by atoms with van der Waals surface area (Å²) in [6.07, 6.45) is 2.24. The van der Waals surface area contributed by atoms with Crippen LogP contribution in [0.25, 0.3) is 0 Å². The fraction of sp³-hybridized carbons (Fsp3) is 0.409. The molecule has 26 heavy (non-hydrogen) atoms. The van der Waals surface area contributed by atoms with Gasteiger partial charge in [-0.2, -0.15) is 0 Å². The second-order valence-electron chi connectivity index (χ2n) is 7.49. The molecule has 0 spiro atoms. The minimum absolute atomic E-state index is 0.161. The first kappa shape index (κ1) is 17.5. The van der Waals surface area contributed by atoms with Gasteiger partial charge < -0.3 is 9.64 Å². The standard InChI is InChI=1S/C22H25NO2S/c1-16-7-9-20(10-8-16)26-21-11-18-13-23(14-19(18)12-21)22(24)25-15-17-5-3-2-4-6-17/h2-10,18-19,21H,11-15H2,1H3/t18-,19+,21?. The second-order valence-corrected chi connectivity index (χ2v) is 8.86. The third-order valence-electron chi connectivity index (χ3n) is 5.49. The van der Waals surface area contributed by atoms with E-state index < -0.39 is 0 Å². The quantitative estimate of drug-likeness (QED) is 0.750. The summed E-state index contributed by atoms with van der Waals surface area (Å²) < 4.78 is 5.49. The minimum atomic E-state index is -0.161. The Morgan fingerprint density at radius 3 is 2.35 bits per heavy atom. The molecule has 2 aliphatic rings. The summed E-state index contributed by atoms with van der Waals surface area (Å²) in [4.78, 5) is 15.6. The number of nitrogens with zero attached hydrogens (tertiary/aromatic N) is 1. The summed E-state index contributed by atoms with van der Waals surface area (Å²) >= 11 is 2.00. The summed E-state index contributed by atoms with van der Waals surface area (Å²) in [5, 5.41) is 0.676. The van der Waals surface area contributed by atoms with Gasteiger partial charge in [-0.15, -0.1) is 11.8 Å². The number of benzene rings is 2. The van der Waals surface area contributed by atoms with Crippen LogP contribution >= 0.6 is 11.8 Å². The molecule has 0 bridgehead atoms. The molecule has 4 heteroatoms. The molecular formula is C22H25NO2S. The Labute approximate surface area is 159 Å². The van der Waals surface area contributed by atoms with E-state index in [0.29, 0.717) is 23.7 Å². The second kappa shape index (κ2) is 7.75. The van der Waals surface area contributed by atoms with Gasteiger partial charge in [0.05, 0.1) is 0 Å². The smallest absolute Gasteiger partial charge is 0.410 e. The van der Waals surface area contributed by atoms with Gasteiger partial charge in [0.25, 0.3) is 0 Å². The molecule has 0 N–H and O–H groups in total. The van der Waals surface area contributed by atoms with E-state index in [-0.39, 0.29) is 6.09 Å². The average Bonchev–Trinajstić information content (AvgIpc) is 3.21. The number of fused-ring (bicyclic) bond motifs is 1. The van der Waals surface area contributed by atoms with Gasteiger partial charge in [-0.05, 0) is 49.3 Å². The molecule has 1 aliphatic heterocycles. The summed E-state index contributed by atoms with van der Waals surface area (Å²) in [6, 6.07) is 18.7. The Hall–Kier alpha value is -1.94. The highest BCUT2D eigenvalue weighted by Gasteiger charge is 2.43. The normalized spacial score (nSPS) is 24.5. The van der Waals surface area contributed by atoms with Crippen molar-refractivity contribution in [3.63, 3.8) is 0 Å². The zero-order valence-electron chi connectivity index (χ0n) is 15.1. The zero-order valence-corrected chi connectivity index (χ0v) is 16.0. The van der Waals surface area contributed by atoms with E-state index >= 15 is 0 Å². The monoisotopic (exact) mass is 367 g/mol. The van der Waals surface area contributed by atoms with E-state index in [9.17, 15) is 4.79 Å². The fourth-order valence-corrected chi connectivity index (χ4v) is 5.47. The van der Waals surface area contributed by atoms with Crippen LogP contribution in [0.15, 0.2) is 59.5 Å². The first-order valence-electron chi connectivity index (χ1n) is 9.36. The van der Waals surface area contributed by atoms with Crippen LogP contribution in [-0.4, -0.2) is 29.3 Å². The number of hydrogen-bond donors (Lipinski definition) is 0. The van der Waals surface area contributed by atoms with E-state index in [1.807, 2.05) is 47.0 Å². The van der Waals surface area contributed by atoms with Crippen molar-refractivity contribution >= 4 is 17.9 Å². The van der Waals surface area contributed by atoms with Crippen molar-refractivity contribution < 1.29 is 9.53 Å². The van der Waals surface area contributed by atoms with Crippen molar-refractivity contribution in [2.75, 3.05) is 13.1 Å². The fourth-order valence-electron chi connectivity index (χ4n) is 4.11. The van der Waals surface area contributed by atoms with Crippen molar-refractivity contribution in [1.82, 2.24) is 4.90 Å². The highest BCUT2D eigenvalue weighted by Crippen LogP contribution is 2.45. The van der Waals surface area contributed by atoms with E-state index in [4.69, 9.17) is 4.74 Å². The Morgan fingerprint density at radius 1 is 1.04 bits per heavy atom. The van der Waals surface area contributed by atoms with E-state index in [2.05, 4.69) is 31.2 Å². The van der Waals surface area contributed by atoms with Gasteiger partial charge >= 0.3 is 6.09 Å². The molecule has 0 radical (unpaired) electrons. The largest absolute Gasteiger partial charge is 0.445 e. The SMILES string of the molecule is Cc1ccc(SC2C[C@@H]3CN(C(=O)OCc4ccccc4)C[C@@H]3C2)cc1. The lowest BCUT2D eigenvalue weighted by Gasteiger charge is -2.19. The van der Waals surface area contributed by atoms with E-state index in [1.54, 1.807) is 0 Å². The van der Waals surface area contributed by atoms with Crippen LogP contribution in [0.2, 0.25) is 0 Å². The Bertz CT molecular complexity index is 732. The number of hydrogen-bond acceptors (Lipinski definition) is 3. The van der Waals surface area contributed by atoms with Gasteiger partial charge in [0.1, 0.15) is 6.61 Å². The Kier molecular flexibility index (Phi) is 5.21. The first-order chi connectivity index (χ1) is 12.7. The molecule has 1 heterocycles. The third-order valence-corrected chi connectivity index (χ3v) is 6.76. The maximum atomic E-state index is 12.4.